The van der Waals surface area contributed by atoms with Crippen molar-refractivity contribution in [3.8, 4) is 17.4 Å². The Bertz CT molecular complexity index is 2180. The van der Waals surface area contributed by atoms with Crippen molar-refractivity contribution in [3.63, 3.8) is 0 Å². The van der Waals surface area contributed by atoms with Crippen molar-refractivity contribution in [1.82, 2.24) is 60.0 Å². The Morgan fingerprint density at radius 3 is 1.80 bits per heavy atom. The lowest BCUT2D eigenvalue weighted by Gasteiger charge is -2.21. The van der Waals surface area contributed by atoms with Gasteiger partial charge in [0.2, 0.25) is 11.8 Å². The number of pyridine rings is 2. The predicted octanol–water partition coefficient (Wildman–Crippen LogP) is 4.30. The molecule has 0 bridgehead atoms. The van der Waals surface area contributed by atoms with E-state index in [1.54, 1.807) is 54.8 Å². The van der Waals surface area contributed by atoms with Crippen LogP contribution < -0.4 is 20.4 Å². The molecular weight excluding hydrogens is 760 g/mol. The first-order valence-electron chi connectivity index (χ1n) is 16.3. The zero-order valence-corrected chi connectivity index (χ0v) is 31.5. The van der Waals surface area contributed by atoms with E-state index < -0.39 is 0 Å². The molecule has 6 aromatic heterocycles. The minimum absolute atomic E-state index is 0. The van der Waals surface area contributed by atoms with E-state index >= 15 is 0 Å². The van der Waals surface area contributed by atoms with Crippen molar-refractivity contribution in [2.45, 2.75) is 33.4 Å². The van der Waals surface area contributed by atoms with Gasteiger partial charge in [0.05, 0.1) is 49.4 Å². The third-order valence-corrected chi connectivity index (χ3v) is 8.36. The Morgan fingerprint density at radius 1 is 0.778 bits per heavy atom. The molecule has 2 aliphatic heterocycles. The van der Waals surface area contributed by atoms with Crippen molar-refractivity contribution >= 4 is 27.6 Å². The minimum Gasteiger partial charge on any atom is -0.480 e. The van der Waals surface area contributed by atoms with Crippen LogP contribution in [-0.2, 0) is 23.8 Å². The first kappa shape index (κ1) is 39.3. The third kappa shape index (κ3) is 9.73. The average Bonchev–Trinajstić information content (AvgIpc) is 4.02. The number of hydrogen-bond acceptors (Lipinski definition) is 14. The second-order valence-corrected chi connectivity index (χ2v) is 12.6. The molecule has 54 heavy (non-hydrogen) atoms. The SMILES string of the molecule is C.COc1nc(C2=NC(c3cnn(C)c3)CON2)ccc1-n1cnc(C)c1.COc1nc(C2=NC(c3cnn(C)c3)CON2)ccc1Br.Cc1cnc[nH]1. The van der Waals surface area contributed by atoms with Crippen LogP contribution in [0.5, 0.6) is 11.8 Å². The largest absolute Gasteiger partial charge is 0.480 e. The molecule has 8 heterocycles. The van der Waals surface area contributed by atoms with Crippen LogP contribution in [0.3, 0.4) is 0 Å². The number of ether oxygens (including phenoxy) is 2. The first-order chi connectivity index (χ1) is 25.7. The monoisotopic (exact) mass is 802 g/mol. The number of aryl methyl sites for hydroxylation is 4. The third-order valence-electron chi connectivity index (χ3n) is 7.76. The summed E-state index contributed by atoms with van der Waals surface area (Å²) >= 11 is 3.38. The maximum absolute atomic E-state index is 5.49. The number of methoxy groups -OCH3 is 2. The number of aliphatic imine (C=N–C) groups is 2. The van der Waals surface area contributed by atoms with Gasteiger partial charge < -0.3 is 19.0 Å². The highest BCUT2D eigenvalue weighted by Crippen LogP contribution is 2.26. The Morgan fingerprint density at radius 2 is 1.35 bits per heavy atom. The molecule has 2 aliphatic rings. The molecule has 0 saturated heterocycles. The fourth-order valence-corrected chi connectivity index (χ4v) is 5.49. The van der Waals surface area contributed by atoms with E-state index in [2.05, 4.69) is 67.0 Å². The van der Waals surface area contributed by atoms with Gasteiger partial charge in [0.25, 0.3) is 0 Å². The van der Waals surface area contributed by atoms with E-state index in [1.807, 2.05) is 75.4 Å². The van der Waals surface area contributed by atoms with Crippen molar-refractivity contribution in [3.05, 3.63) is 112 Å². The van der Waals surface area contributed by atoms with E-state index in [4.69, 9.17) is 24.1 Å². The quantitative estimate of drug-likeness (QED) is 0.208. The van der Waals surface area contributed by atoms with Gasteiger partial charge in [0.1, 0.15) is 42.4 Å². The number of amidine groups is 2. The normalized spacial score (nSPS) is 16.1. The molecule has 0 aromatic carbocycles. The zero-order valence-electron chi connectivity index (χ0n) is 29.9. The molecule has 0 aliphatic carbocycles. The molecule has 18 nitrogen and oxygen atoms in total. The fourth-order valence-electron chi connectivity index (χ4n) is 5.11. The second-order valence-electron chi connectivity index (χ2n) is 11.8. The second kappa shape index (κ2) is 18.2. The van der Waals surface area contributed by atoms with E-state index in [0.717, 1.165) is 32.7 Å². The Hall–Kier alpha value is -5.92. The molecular formula is C35H43BrN14O4. The van der Waals surface area contributed by atoms with Crippen LogP contribution in [0.15, 0.2) is 88.6 Å². The smallest absolute Gasteiger partial charge is 0.238 e. The molecule has 0 fully saturated rings. The highest BCUT2D eigenvalue weighted by Gasteiger charge is 2.23. The summed E-state index contributed by atoms with van der Waals surface area (Å²) in [5.41, 5.74) is 11.8. The van der Waals surface area contributed by atoms with Gasteiger partial charge in [-0.2, -0.15) is 10.2 Å². The first-order valence-corrected chi connectivity index (χ1v) is 17.1. The lowest BCUT2D eigenvalue weighted by atomic mass is 10.2. The molecule has 0 radical (unpaired) electrons. The lowest BCUT2D eigenvalue weighted by Crippen LogP contribution is -2.33. The number of hydrogen-bond donors (Lipinski definition) is 3. The molecule has 19 heteroatoms. The lowest BCUT2D eigenvalue weighted by molar-refractivity contribution is 0.0620. The number of aromatic nitrogens is 10. The van der Waals surface area contributed by atoms with Gasteiger partial charge in [-0.15, -0.1) is 0 Å². The highest BCUT2D eigenvalue weighted by molar-refractivity contribution is 9.10. The Labute approximate surface area is 320 Å². The topological polar surface area (TPSA) is 194 Å². The number of H-pyrrole nitrogens is 1. The van der Waals surface area contributed by atoms with Crippen LogP contribution in [0.2, 0.25) is 0 Å². The van der Waals surface area contributed by atoms with Crippen LogP contribution in [0, 0.1) is 13.8 Å². The Balaban J connectivity index is 0.000000180. The van der Waals surface area contributed by atoms with Gasteiger partial charge >= 0.3 is 0 Å². The molecule has 0 saturated carbocycles. The van der Waals surface area contributed by atoms with Crippen LogP contribution in [0.4, 0.5) is 0 Å². The molecule has 6 aromatic rings. The summed E-state index contributed by atoms with van der Waals surface area (Å²) in [4.78, 5) is 40.1. The molecule has 0 amide bonds. The minimum atomic E-state index is -0.135. The van der Waals surface area contributed by atoms with Crippen LogP contribution >= 0.6 is 15.9 Å². The van der Waals surface area contributed by atoms with Gasteiger partial charge in [0.15, 0.2) is 11.7 Å². The number of imidazole rings is 2. The molecule has 2 atom stereocenters. The van der Waals surface area contributed by atoms with E-state index in [0.29, 0.717) is 48.0 Å². The number of hydroxylamine groups is 2. The van der Waals surface area contributed by atoms with Gasteiger partial charge in [-0.25, -0.2) is 30.9 Å². The molecule has 8 rings (SSSR count). The van der Waals surface area contributed by atoms with Gasteiger partial charge in [-0.1, -0.05) is 7.43 Å². The van der Waals surface area contributed by atoms with Gasteiger partial charge in [-0.05, 0) is 54.0 Å². The summed E-state index contributed by atoms with van der Waals surface area (Å²) in [7, 11) is 6.91. The van der Waals surface area contributed by atoms with Crippen LogP contribution in [-0.4, -0.2) is 88.2 Å². The summed E-state index contributed by atoms with van der Waals surface area (Å²) in [5, 5.41) is 8.35. The molecule has 0 spiro atoms. The van der Waals surface area contributed by atoms with Crippen LogP contribution in [0.25, 0.3) is 5.69 Å². The maximum Gasteiger partial charge on any atom is 0.238 e. The predicted molar refractivity (Wildman–Crippen MR) is 204 cm³/mol. The van der Waals surface area contributed by atoms with Crippen molar-refractivity contribution < 1.29 is 19.1 Å². The number of halogens is 1. The summed E-state index contributed by atoms with van der Waals surface area (Å²) < 4.78 is 16.8. The number of nitrogens with zero attached hydrogens (tertiary/aromatic N) is 11. The summed E-state index contributed by atoms with van der Waals surface area (Å²) in [6.07, 6.45) is 14.5. The van der Waals surface area contributed by atoms with Gasteiger partial charge in [0, 0.05) is 55.7 Å². The van der Waals surface area contributed by atoms with Gasteiger partial charge in [-0.3, -0.25) is 29.0 Å². The maximum atomic E-state index is 5.49. The number of aromatic amines is 1. The molecule has 284 valence electrons. The van der Waals surface area contributed by atoms with E-state index in [9.17, 15) is 0 Å². The van der Waals surface area contributed by atoms with Crippen LogP contribution in [0.1, 0.15) is 53.4 Å². The molecule has 3 N–H and O–H groups in total. The summed E-state index contributed by atoms with van der Waals surface area (Å²) in [5.74, 6) is 2.10. The van der Waals surface area contributed by atoms with E-state index in [-0.39, 0.29) is 19.5 Å². The Kier molecular flexibility index (Phi) is 13.3. The zero-order chi connectivity index (χ0) is 37.3. The average molecular weight is 804 g/mol. The fraction of sp³-hybridized carbons (Fsp3) is 0.314. The molecule has 2 unspecified atom stereocenters. The highest BCUT2D eigenvalue weighted by atomic mass is 79.9. The van der Waals surface area contributed by atoms with E-state index in [1.165, 1.54) is 0 Å². The standard InChI is InChI=1S/C17H19N7O2.C13H14BrN5O2.C4H6N2.CH4/c1-11-7-24(10-18-11)15-5-4-13(21-17(15)25-3)16-20-14(9-26-22-16)12-6-19-23(2)8-12;1-19-6-8(5-15-19)11-7-21-18-12(16-11)10-4-3-9(14)13(17-10)20-2;1-4-2-5-3-6-4;/h4-8,10,14H,9H2,1-3H3,(H,20,22);3-6,11H,7H2,1-2H3,(H,16,18);2-3H,1H3,(H,5,6);1H4. The van der Waals surface area contributed by atoms with Crippen molar-refractivity contribution in [1.29, 1.82) is 0 Å². The van der Waals surface area contributed by atoms with Crippen molar-refractivity contribution in [2.75, 3.05) is 27.4 Å². The van der Waals surface area contributed by atoms with Crippen molar-refractivity contribution in [2.24, 2.45) is 24.1 Å². The number of nitrogens with one attached hydrogen (secondary N) is 3. The number of rotatable bonds is 7. The summed E-state index contributed by atoms with van der Waals surface area (Å²) in [6, 6.07) is 7.25. The summed E-state index contributed by atoms with van der Waals surface area (Å²) in [6.45, 7) is 4.77.